The third kappa shape index (κ3) is 2.71. The van der Waals surface area contributed by atoms with Gasteiger partial charge in [-0.15, -0.1) is 5.10 Å². The van der Waals surface area contributed by atoms with E-state index in [1.165, 1.54) is 39.2 Å². The molecule has 0 radical (unpaired) electrons. The third-order valence-electron chi connectivity index (χ3n) is 3.83. The summed E-state index contributed by atoms with van der Waals surface area (Å²) in [5.74, 6) is 0.758. The fourth-order valence-electron chi connectivity index (χ4n) is 2.35. The molecule has 8 nitrogen and oxygen atoms in total. The van der Waals surface area contributed by atoms with Crippen molar-refractivity contribution in [1.29, 1.82) is 0 Å². The first-order chi connectivity index (χ1) is 10.6. The molecule has 0 spiro atoms. The van der Waals surface area contributed by atoms with E-state index in [1.54, 1.807) is 0 Å². The topological polar surface area (TPSA) is 88.8 Å². The molecule has 0 bridgehead atoms. The predicted molar refractivity (Wildman–Crippen MR) is 81.7 cm³/mol. The molecule has 0 unspecified atom stereocenters. The molecule has 1 N–H and O–H groups in total. The summed E-state index contributed by atoms with van der Waals surface area (Å²) >= 11 is 1.37. The standard InChI is InChI=1S/C12H17N5O3S2/c18-22(19,16-3-5-20-6-4-16)10-8-17-12(14-10)21-11(15-17)13-7-9-1-2-9/h8-9H,1-7H2,(H,13,15). The molecule has 10 heteroatoms. The maximum atomic E-state index is 12.5. The van der Waals surface area contributed by atoms with E-state index in [2.05, 4.69) is 15.4 Å². The zero-order valence-corrected chi connectivity index (χ0v) is 13.6. The van der Waals surface area contributed by atoms with Crippen molar-refractivity contribution in [2.45, 2.75) is 17.9 Å². The number of imidazole rings is 1. The molecule has 4 rings (SSSR count). The molecule has 0 aromatic carbocycles. The summed E-state index contributed by atoms with van der Waals surface area (Å²) in [4.78, 5) is 4.82. The smallest absolute Gasteiger partial charge is 0.262 e. The van der Waals surface area contributed by atoms with E-state index >= 15 is 0 Å². The Labute approximate surface area is 132 Å². The average Bonchev–Trinajstić information content (AvgIpc) is 3.14. The lowest BCUT2D eigenvalue weighted by Crippen LogP contribution is -2.40. The molecule has 0 atom stereocenters. The normalized spacial score (nSPS) is 20.5. The summed E-state index contributed by atoms with van der Waals surface area (Å²) in [5, 5.41) is 8.46. The van der Waals surface area contributed by atoms with Crippen molar-refractivity contribution in [2.24, 2.45) is 5.92 Å². The Kier molecular flexibility index (Phi) is 3.56. The summed E-state index contributed by atoms with van der Waals surface area (Å²) in [6.45, 7) is 2.52. The number of morpholine rings is 1. The van der Waals surface area contributed by atoms with Crippen LogP contribution in [0.15, 0.2) is 11.2 Å². The van der Waals surface area contributed by atoms with Crippen LogP contribution in [0, 0.1) is 5.92 Å². The second-order valence-electron chi connectivity index (χ2n) is 5.55. The number of rotatable bonds is 5. The van der Waals surface area contributed by atoms with Crippen LogP contribution >= 0.6 is 11.3 Å². The van der Waals surface area contributed by atoms with Crippen LogP contribution < -0.4 is 5.32 Å². The zero-order chi connectivity index (χ0) is 15.2. The molecule has 2 aromatic rings. The van der Waals surface area contributed by atoms with Crippen molar-refractivity contribution in [1.82, 2.24) is 18.9 Å². The summed E-state index contributed by atoms with van der Waals surface area (Å²) in [5.41, 5.74) is 0. The maximum absolute atomic E-state index is 12.5. The summed E-state index contributed by atoms with van der Waals surface area (Å²) in [6.07, 6.45) is 4.04. The quantitative estimate of drug-likeness (QED) is 0.857. The van der Waals surface area contributed by atoms with E-state index in [-0.39, 0.29) is 5.03 Å². The molecular formula is C12H17N5O3S2. The molecule has 1 saturated heterocycles. The Morgan fingerprint density at radius 2 is 2.14 bits per heavy atom. The number of aromatic nitrogens is 3. The first-order valence-electron chi connectivity index (χ1n) is 7.31. The number of sulfonamides is 1. The van der Waals surface area contributed by atoms with Crippen molar-refractivity contribution >= 4 is 31.5 Å². The van der Waals surface area contributed by atoms with E-state index < -0.39 is 10.0 Å². The van der Waals surface area contributed by atoms with Gasteiger partial charge in [0.1, 0.15) is 0 Å². The maximum Gasteiger partial charge on any atom is 0.262 e. The highest BCUT2D eigenvalue weighted by molar-refractivity contribution is 7.89. The molecular weight excluding hydrogens is 326 g/mol. The van der Waals surface area contributed by atoms with Crippen LogP contribution in [0.25, 0.3) is 4.96 Å². The molecule has 3 heterocycles. The van der Waals surface area contributed by atoms with Gasteiger partial charge in [0, 0.05) is 19.6 Å². The minimum absolute atomic E-state index is 0.0573. The van der Waals surface area contributed by atoms with Crippen LogP contribution in [0.5, 0.6) is 0 Å². The first-order valence-corrected chi connectivity index (χ1v) is 9.56. The van der Waals surface area contributed by atoms with Crippen molar-refractivity contribution in [3.05, 3.63) is 6.20 Å². The van der Waals surface area contributed by atoms with Gasteiger partial charge in [0.15, 0.2) is 5.03 Å². The largest absolute Gasteiger partial charge is 0.379 e. The zero-order valence-electron chi connectivity index (χ0n) is 11.9. The van der Waals surface area contributed by atoms with Crippen molar-refractivity contribution in [3.8, 4) is 0 Å². The highest BCUT2D eigenvalue weighted by atomic mass is 32.2. The minimum Gasteiger partial charge on any atom is -0.379 e. The average molecular weight is 343 g/mol. The lowest BCUT2D eigenvalue weighted by atomic mass is 10.4. The molecule has 2 aromatic heterocycles. The molecule has 1 aliphatic heterocycles. The number of anilines is 1. The molecule has 2 aliphatic rings. The van der Waals surface area contributed by atoms with Gasteiger partial charge >= 0.3 is 0 Å². The summed E-state index contributed by atoms with van der Waals surface area (Å²) < 4.78 is 33.2. The van der Waals surface area contributed by atoms with Gasteiger partial charge in [0.05, 0.1) is 19.4 Å². The minimum atomic E-state index is -3.55. The van der Waals surface area contributed by atoms with Crippen molar-refractivity contribution < 1.29 is 13.2 Å². The Morgan fingerprint density at radius 3 is 2.82 bits per heavy atom. The van der Waals surface area contributed by atoms with Gasteiger partial charge in [-0.2, -0.15) is 4.31 Å². The van der Waals surface area contributed by atoms with Gasteiger partial charge in [0.25, 0.3) is 10.0 Å². The van der Waals surface area contributed by atoms with Gasteiger partial charge in [0.2, 0.25) is 10.1 Å². The fraction of sp³-hybridized carbons (Fsp3) is 0.667. The summed E-state index contributed by atoms with van der Waals surface area (Å²) in [6, 6.07) is 0. The Hall–Kier alpha value is -1.23. The molecule has 2 fully saturated rings. The molecule has 0 amide bonds. The predicted octanol–water partition coefficient (Wildman–Crippen LogP) is 0.634. The highest BCUT2D eigenvalue weighted by Gasteiger charge is 2.29. The van der Waals surface area contributed by atoms with Crippen LogP contribution in [-0.4, -0.2) is 60.2 Å². The van der Waals surface area contributed by atoms with E-state index in [1.807, 2.05) is 0 Å². The van der Waals surface area contributed by atoms with Crippen molar-refractivity contribution in [2.75, 3.05) is 38.2 Å². The van der Waals surface area contributed by atoms with Crippen LogP contribution in [0.1, 0.15) is 12.8 Å². The number of ether oxygens (including phenoxy) is 1. The fourth-order valence-corrected chi connectivity index (χ4v) is 4.52. The molecule has 120 valence electrons. The van der Waals surface area contributed by atoms with Gasteiger partial charge < -0.3 is 10.1 Å². The van der Waals surface area contributed by atoms with Crippen molar-refractivity contribution in [3.63, 3.8) is 0 Å². The second kappa shape index (κ2) is 5.44. The highest BCUT2D eigenvalue weighted by Crippen LogP contribution is 2.30. The molecule has 1 saturated carbocycles. The number of nitrogens with one attached hydrogen (secondary N) is 1. The van der Waals surface area contributed by atoms with Crippen LogP contribution in [0.4, 0.5) is 5.13 Å². The van der Waals surface area contributed by atoms with Gasteiger partial charge in [-0.3, -0.25) is 0 Å². The molecule has 1 aliphatic carbocycles. The van der Waals surface area contributed by atoms with E-state index in [0.29, 0.717) is 31.3 Å². The second-order valence-corrected chi connectivity index (χ2v) is 8.40. The van der Waals surface area contributed by atoms with Gasteiger partial charge in [-0.1, -0.05) is 11.3 Å². The number of fused-ring (bicyclic) bond motifs is 1. The van der Waals surface area contributed by atoms with Crippen LogP contribution in [-0.2, 0) is 14.8 Å². The monoisotopic (exact) mass is 343 g/mol. The number of nitrogens with zero attached hydrogens (tertiary/aromatic N) is 4. The lowest BCUT2D eigenvalue weighted by Gasteiger charge is -2.24. The Morgan fingerprint density at radius 1 is 1.36 bits per heavy atom. The lowest BCUT2D eigenvalue weighted by molar-refractivity contribution is 0.0729. The van der Waals surface area contributed by atoms with Gasteiger partial charge in [-0.25, -0.2) is 17.9 Å². The Balaban J connectivity index is 1.55. The van der Waals surface area contributed by atoms with E-state index in [9.17, 15) is 8.42 Å². The number of hydrogen-bond donors (Lipinski definition) is 1. The van der Waals surface area contributed by atoms with Crippen LogP contribution in [0.3, 0.4) is 0 Å². The van der Waals surface area contributed by atoms with Gasteiger partial charge in [-0.05, 0) is 18.8 Å². The Bertz CT molecular complexity index is 742. The summed E-state index contributed by atoms with van der Waals surface area (Å²) in [7, 11) is -3.55. The van der Waals surface area contributed by atoms with Crippen LogP contribution in [0.2, 0.25) is 0 Å². The number of hydrogen-bond acceptors (Lipinski definition) is 7. The SMILES string of the molecule is O=S(=O)(c1cn2nc(NCC3CC3)sc2n1)N1CCOCC1. The molecule has 22 heavy (non-hydrogen) atoms. The third-order valence-corrected chi connectivity index (χ3v) is 6.48. The van der Waals surface area contributed by atoms with E-state index in [0.717, 1.165) is 17.6 Å². The van der Waals surface area contributed by atoms with E-state index in [4.69, 9.17) is 4.74 Å². The first kappa shape index (κ1) is 14.4.